The van der Waals surface area contributed by atoms with Crippen molar-refractivity contribution in [1.82, 2.24) is 9.91 Å². The number of hydrogen-bond acceptors (Lipinski definition) is 4. The van der Waals surface area contributed by atoms with E-state index in [1.54, 1.807) is 0 Å². The summed E-state index contributed by atoms with van der Waals surface area (Å²) < 4.78 is 0. The van der Waals surface area contributed by atoms with E-state index in [1.165, 1.54) is 5.57 Å². The molecule has 0 spiro atoms. The van der Waals surface area contributed by atoms with Crippen molar-refractivity contribution in [2.24, 2.45) is 10.8 Å². The molecule has 2 atom stereocenters. The first-order valence-electron chi connectivity index (χ1n) is 4.81. The van der Waals surface area contributed by atoms with Crippen molar-refractivity contribution in [1.29, 1.82) is 0 Å². The summed E-state index contributed by atoms with van der Waals surface area (Å²) in [6, 6.07) is 0.516. The fourth-order valence-corrected chi connectivity index (χ4v) is 1.97. The van der Waals surface area contributed by atoms with Crippen LogP contribution >= 0.6 is 0 Å². The molecule has 0 saturated heterocycles. The van der Waals surface area contributed by atoms with Gasteiger partial charge in [-0.1, -0.05) is 6.08 Å². The highest BCUT2D eigenvalue weighted by Gasteiger charge is 2.29. The van der Waals surface area contributed by atoms with Gasteiger partial charge in [-0.25, -0.2) is 0 Å². The predicted octanol–water partition coefficient (Wildman–Crippen LogP) is -0.001000. The molecule has 0 aromatic carbocycles. The highest BCUT2D eigenvalue weighted by Crippen LogP contribution is 2.23. The van der Waals surface area contributed by atoms with Gasteiger partial charge in [-0.05, 0) is 17.8 Å². The van der Waals surface area contributed by atoms with Gasteiger partial charge in [0.15, 0.2) is 0 Å². The highest BCUT2D eigenvalue weighted by atomic mass is 15.5. The lowest BCUT2D eigenvalue weighted by molar-refractivity contribution is 0.251. The molecule has 0 fully saturated rings. The number of hydrogen-bond donors (Lipinski definition) is 1. The molecule has 0 saturated carbocycles. The third kappa shape index (κ3) is 1.32. The number of allylic oxidation sites excluding steroid dienone is 2. The predicted molar refractivity (Wildman–Crippen MR) is 57.9 cm³/mol. The first-order chi connectivity index (χ1) is 6.74. The Bertz CT molecular complexity index is 305. The summed E-state index contributed by atoms with van der Waals surface area (Å²) >= 11 is 0. The molecule has 0 bridgehead atoms. The molecule has 2 aliphatic rings. The SMILES string of the molecule is CN1C=CC=C2C1C=NN(C)C2CN. The number of rotatable bonds is 1. The van der Waals surface area contributed by atoms with Gasteiger partial charge in [0.25, 0.3) is 0 Å². The summed E-state index contributed by atoms with van der Waals surface area (Å²) in [6.07, 6.45) is 8.21. The molecule has 4 nitrogen and oxygen atoms in total. The van der Waals surface area contributed by atoms with Gasteiger partial charge in [0.2, 0.25) is 0 Å². The average Bonchev–Trinajstić information content (AvgIpc) is 2.18. The Balaban J connectivity index is 2.34. The highest BCUT2D eigenvalue weighted by molar-refractivity contribution is 5.72. The monoisotopic (exact) mass is 192 g/mol. The fraction of sp³-hybridized carbons (Fsp3) is 0.500. The van der Waals surface area contributed by atoms with E-state index >= 15 is 0 Å². The molecule has 0 aliphatic carbocycles. The third-order valence-corrected chi connectivity index (χ3v) is 2.84. The van der Waals surface area contributed by atoms with Gasteiger partial charge >= 0.3 is 0 Å². The van der Waals surface area contributed by atoms with E-state index in [4.69, 9.17) is 5.73 Å². The summed E-state index contributed by atoms with van der Waals surface area (Å²) in [5.74, 6) is 0. The van der Waals surface area contributed by atoms with Crippen LogP contribution in [0.5, 0.6) is 0 Å². The molecule has 2 rings (SSSR count). The van der Waals surface area contributed by atoms with Gasteiger partial charge in [-0.15, -0.1) is 0 Å². The van der Waals surface area contributed by atoms with E-state index in [0.29, 0.717) is 6.54 Å². The lowest BCUT2D eigenvalue weighted by Gasteiger charge is -2.39. The van der Waals surface area contributed by atoms with Crippen LogP contribution in [0, 0.1) is 0 Å². The lowest BCUT2D eigenvalue weighted by Crippen LogP contribution is -2.48. The largest absolute Gasteiger partial charge is 0.369 e. The summed E-state index contributed by atoms with van der Waals surface area (Å²) in [5.41, 5.74) is 7.08. The fourth-order valence-electron chi connectivity index (χ4n) is 1.97. The zero-order valence-corrected chi connectivity index (χ0v) is 8.59. The van der Waals surface area contributed by atoms with Crippen LogP contribution in [0.3, 0.4) is 0 Å². The number of hydrazone groups is 1. The van der Waals surface area contributed by atoms with Gasteiger partial charge < -0.3 is 10.6 Å². The van der Waals surface area contributed by atoms with Gasteiger partial charge in [0.1, 0.15) is 0 Å². The Hall–Kier alpha value is -1.29. The van der Waals surface area contributed by atoms with Crippen molar-refractivity contribution in [3.8, 4) is 0 Å². The minimum absolute atomic E-state index is 0.234. The minimum atomic E-state index is 0.234. The van der Waals surface area contributed by atoms with Crippen molar-refractivity contribution in [2.45, 2.75) is 12.1 Å². The molecule has 0 aromatic rings. The van der Waals surface area contributed by atoms with Crippen LogP contribution < -0.4 is 5.73 Å². The molecular weight excluding hydrogens is 176 g/mol. The molecule has 0 aromatic heterocycles. The first kappa shape index (κ1) is 9.27. The minimum Gasteiger partial charge on any atom is -0.369 e. The summed E-state index contributed by atoms with van der Waals surface area (Å²) in [5, 5.41) is 6.25. The Kier molecular flexibility index (Phi) is 2.29. The quantitative estimate of drug-likeness (QED) is 0.636. The van der Waals surface area contributed by atoms with Crippen molar-refractivity contribution < 1.29 is 0 Å². The van der Waals surface area contributed by atoms with Crippen molar-refractivity contribution >= 4 is 6.21 Å². The van der Waals surface area contributed by atoms with Crippen molar-refractivity contribution in [3.05, 3.63) is 23.9 Å². The molecule has 0 amide bonds. The molecule has 76 valence electrons. The first-order valence-corrected chi connectivity index (χ1v) is 4.81. The van der Waals surface area contributed by atoms with Crippen LogP contribution in [0.4, 0.5) is 0 Å². The van der Waals surface area contributed by atoms with E-state index < -0.39 is 0 Å². The number of nitrogens with zero attached hydrogens (tertiary/aromatic N) is 3. The Morgan fingerprint density at radius 1 is 1.50 bits per heavy atom. The average molecular weight is 192 g/mol. The zero-order valence-electron chi connectivity index (χ0n) is 8.59. The molecule has 2 N–H and O–H groups in total. The van der Waals surface area contributed by atoms with Gasteiger partial charge in [-0.2, -0.15) is 5.10 Å². The lowest BCUT2D eigenvalue weighted by atomic mass is 9.95. The normalized spacial score (nSPS) is 30.4. The van der Waals surface area contributed by atoms with Crippen LogP contribution in [0.15, 0.2) is 29.0 Å². The standard InChI is InChI=1S/C10H16N4/c1-13-5-3-4-8-9(6-11)14(2)12-7-10(8)13/h3-5,7,9-10H,6,11H2,1-2H3. The molecule has 2 aliphatic heterocycles. The van der Waals surface area contributed by atoms with Gasteiger partial charge in [0, 0.05) is 20.6 Å². The molecule has 2 unspecified atom stereocenters. The summed E-state index contributed by atoms with van der Waals surface area (Å²) in [6.45, 7) is 0.609. The Morgan fingerprint density at radius 2 is 2.29 bits per heavy atom. The smallest absolute Gasteiger partial charge is 0.0890 e. The zero-order chi connectivity index (χ0) is 10.1. The van der Waals surface area contributed by atoms with Gasteiger partial charge in [0.05, 0.1) is 18.3 Å². The van der Waals surface area contributed by atoms with E-state index in [0.717, 1.165) is 0 Å². The molecule has 2 heterocycles. The third-order valence-electron chi connectivity index (χ3n) is 2.84. The van der Waals surface area contributed by atoms with Crippen molar-refractivity contribution in [2.75, 3.05) is 20.6 Å². The molecule has 4 heteroatoms. The van der Waals surface area contributed by atoms with E-state index in [2.05, 4.69) is 35.4 Å². The van der Waals surface area contributed by atoms with Crippen LogP contribution in [0.2, 0.25) is 0 Å². The maximum Gasteiger partial charge on any atom is 0.0890 e. The van der Waals surface area contributed by atoms with E-state index in [-0.39, 0.29) is 12.1 Å². The van der Waals surface area contributed by atoms with Crippen LogP contribution in [-0.2, 0) is 0 Å². The van der Waals surface area contributed by atoms with Crippen LogP contribution in [-0.4, -0.2) is 48.8 Å². The molecular formula is C10H16N4. The van der Waals surface area contributed by atoms with E-state index in [1.807, 2.05) is 18.3 Å². The summed E-state index contributed by atoms with van der Waals surface area (Å²) in [7, 11) is 4.02. The molecule has 14 heavy (non-hydrogen) atoms. The van der Waals surface area contributed by atoms with E-state index in [9.17, 15) is 0 Å². The van der Waals surface area contributed by atoms with Crippen LogP contribution in [0.1, 0.15) is 0 Å². The number of likely N-dealkylation sites (N-methyl/N-ethyl adjacent to an activating group) is 2. The number of fused-ring (bicyclic) bond motifs is 1. The molecule has 0 radical (unpaired) electrons. The number of nitrogens with two attached hydrogens (primary N) is 1. The van der Waals surface area contributed by atoms with Gasteiger partial charge in [-0.3, -0.25) is 5.01 Å². The second kappa shape index (κ2) is 3.46. The van der Waals surface area contributed by atoms with Crippen molar-refractivity contribution in [3.63, 3.8) is 0 Å². The van der Waals surface area contributed by atoms with Crippen LogP contribution in [0.25, 0.3) is 0 Å². The Labute approximate surface area is 84.4 Å². The maximum atomic E-state index is 5.75. The topological polar surface area (TPSA) is 44.9 Å². The summed E-state index contributed by atoms with van der Waals surface area (Å²) in [4.78, 5) is 2.15. The Morgan fingerprint density at radius 3 is 3.00 bits per heavy atom. The second-order valence-corrected chi connectivity index (χ2v) is 3.71. The second-order valence-electron chi connectivity index (χ2n) is 3.71. The maximum absolute atomic E-state index is 5.75.